The Morgan fingerprint density at radius 3 is 2.53 bits per heavy atom. The molecular weight excluding hydrogens is 225 g/mol. The molecule has 2 unspecified atom stereocenters. The highest BCUT2D eigenvalue weighted by molar-refractivity contribution is 8.00. The minimum absolute atomic E-state index is 0.0536. The van der Waals surface area contributed by atoms with Crippen molar-refractivity contribution in [1.82, 2.24) is 0 Å². The third kappa shape index (κ3) is 6.30. The van der Waals surface area contributed by atoms with Gasteiger partial charge in [0.25, 0.3) is 0 Å². The summed E-state index contributed by atoms with van der Waals surface area (Å²) in [6, 6.07) is 0. The van der Waals surface area contributed by atoms with E-state index < -0.39 is 5.51 Å². The van der Waals surface area contributed by atoms with Crippen molar-refractivity contribution in [3.05, 3.63) is 0 Å². The number of hydrogen-bond acceptors (Lipinski definition) is 2. The van der Waals surface area contributed by atoms with Crippen molar-refractivity contribution in [1.29, 1.82) is 0 Å². The van der Waals surface area contributed by atoms with E-state index in [1.54, 1.807) is 0 Å². The van der Waals surface area contributed by atoms with Crippen molar-refractivity contribution in [3.8, 4) is 0 Å². The number of rotatable bonds is 3. The normalized spacial score (nSPS) is 28.8. The lowest BCUT2D eigenvalue weighted by Crippen LogP contribution is -2.12. The molecule has 0 aromatic heterocycles. The van der Waals surface area contributed by atoms with Crippen molar-refractivity contribution < 1.29 is 18.3 Å². The summed E-state index contributed by atoms with van der Waals surface area (Å²) in [6.45, 7) is 0. The molecule has 0 aliphatic heterocycles. The lowest BCUT2D eigenvalue weighted by Gasteiger charge is -2.16. The summed E-state index contributed by atoms with van der Waals surface area (Å²) in [4.78, 5) is 0. The third-order valence-electron chi connectivity index (χ3n) is 2.80. The Labute approximate surface area is 92.4 Å². The molecule has 1 nitrogen and oxygen atoms in total. The molecule has 0 amide bonds. The summed E-state index contributed by atoms with van der Waals surface area (Å²) >= 11 is 0.0536. The first-order valence-electron chi connectivity index (χ1n) is 5.36. The van der Waals surface area contributed by atoms with Crippen molar-refractivity contribution in [2.45, 2.75) is 50.1 Å². The van der Waals surface area contributed by atoms with E-state index >= 15 is 0 Å². The van der Waals surface area contributed by atoms with Crippen molar-refractivity contribution in [2.24, 2.45) is 5.92 Å². The lowest BCUT2D eigenvalue weighted by atomic mass is 9.97. The van der Waals surface area contributed by atoms with Crippen molar-refractivity contribution in [3.63, 3.8) is 0 Å². The highest BCUT2D eigenvalue weighted by atomic mass is 32.2. The summed E-state index contributed by atoms with van der Waals surface area (Å²) in [5, 5.41) is 9.49. The Morgan fingerprint density at radius 1 is 1.20 bits per heavy atom. The summed E-state index contributed by atoms with van der Waals surface area (Å²) < 4.78 is 35.6. The second kappa shape index (κ2) is 5.99. The van der Waals surface area contributed by atoms with Gasteiger partial charge in [-0.25, -0.2) is 0 Å². The molecular formula is C10H17F3OS. The zero-order chi connectivity index (χ0) is 11.3. The van der Waals surface area contributed by atoms with Crippen LogP contribution >= 0.6 is 11.8 Å². The fraction of sp³-hybridized carbons (Fsp3) is 1.00. The third-order valence-corrected chi connectivity index (χ3v) is 3.56. The number of hydrogen-bond donors (Lipinski definition) is 1. The van der Waals surface area contributed by atoms with Gasteiger partial charge in [0.05, 0.1) is 6.10 Å². The summed E-state index contributed by atoms with van der Waals surface area (Å²) in [5.74, 6) is 0.401. The van der Waals surface area contributed by atoms with Crippen LogP contribution in [0.1, 0.15) is 38.5 Å². The molecule has 1 fully saturated rings. The second-order valence-electron chi connectivity index (χ2n) is 4.12. The molecule has 0 heterocycles. The molecule has 0 saturated heterocycles. The van der Waals surface area contributed by atoms with Gasteiger partial charge in [-0.15, -0.1) is 0 Å². The van der Waals surface area contributed by atoms with Crippen LogP contribution in [0.5, 0.6) is 0 Å². The van der Waals surface area contributed by atoms with Crippen LogP contribution in [0, 0.1) is 5.92 Å². The SMILES string of the molecule is OC1CCCCC(CCSC(F)(F)F)C1. The molecule has 90 valence electrons. The Morgan fingerprint density at radius 2 is 1.87 bits per heavy atom. The van der Waals surface area contributed by atoms with Gasteiger partial charge in [0.1, 0.15) is 0 Å². The monoisotopic (exact) mass is 242 g/mol. The Kier molecular flexibility index (Phi) is 5.26. The maximum atomic E-state index is 11.9. The largest absolute Gasteiger partial charge is 0.441 e. The van der Waals surface area contributed by atoms with Gasteiger partial charge >= 0.3 is 5.51 Å². The first-order valence-corrected chi connectivity index (χ1v) is 6.34. The predicted molar refractivity (Wildman–Crippen MR) is 55.7 cm³/mol. The van der Waals surface area contributed by atoms with Crippen LogP contribution in [0.3, 0.4) is 0 Å². The van der Waals surface area contributed by atoms with Crippen LogP contribution in [0.2, 0.25) is 0 Å². The molecule has 5 heteroatoms. The van der Waals surface area contributed by atoms with E-state index in [1.807, 2.05) is 0 Å². The van der Waals surface area contributed by atoms with E-state index in [2.05, 4.69) is 0 Å². The Hall–Kier alpha value is 0.100. The molecule has 1 saturated carbocycles. The molecule has 0 aromatic carbocycles. The van der Waals surface area contributed by atoms with Gasteiger partial charge in [0, 0.05) is 5.75 Å². The molecule has 2 atom stereocenters. The maximum Gasteiger partial charge on any atom is 0.441 e. The minimum Gasteiger partial charge on any atom is -0.393 e. The number of aliphatic hydroxyl groups is 1. The molecule has 0 aromatic rings. The van der Waals surface area contributed by atoms with Gasteiger partial charge < -0.3 is 5.11 Å². The number of alkyl halides is 3. The fourth-order valence-electron chi connectivity index (χ4n) is 2.04. The van der Waals surface area contributed by atoms with Gasteiger partial charge in [-0.1, -0.05) is 31.0 Å². The summed E-state index contributed by atoms with van der Waals surface area (Å²) in [7, 11) is 0. The van der Waals surface area contributed by atoms with E-state index in [1.165, 1.54) is 0 Å². The van der Waals surface area contributed by atoms with Crippen LogP contribution in [0.15, 0.2) is 0 Å². The fourth-order valence-corrected chi connectivity index (χ4v) is 2.72. The van der Waals surface area contributed by atoms with Crippen LogP contribution in [0.4, 0.5) is 13.2 Å². The van der Waals surface area contributed by atoms with Crippen molar-refractivity contribution in [2.75, 3.05) is 5.75 Å². The predicted octanol–water partition coefficient (Wildman–Crippen LogP) is 3.57. The van der Waals surface area contributed by atoms with Crippen LogP contribution in [-0.4, -0.2) is 22.5 Å². The van der Waals surface area contributed by atoms with Gasteiger partial charge in [-0.3, -0.25) is 0 Å². The van der Waals surface area contributed by atoms with E-state index in [0.29, 0.717) is 12.8 Å². The maximum absolute atomic E-state index is 11.9. The van der Waals surface area contributed by atoms with E-state index in [-0.39, 0.29) is 29.5 Å². The molecule has 1 aliphatic rings. The van der Waals surface area contributed by atoms with Crippen LogP contribution < -0.4 is 0 Å². The smallest absolute Gasteiger partial charge is 0.393 e. The van der Waals surface area contributed by atoms with E-state index in [9.17, 15) is 18.3 Å². The average Bonchev–Trinajstić information content (AvgIpc) is 2.27. The van der Waals surface area contributed by atoms with E-state index in [0.717, 1.165) is 25.7 Å². The summed E-state index contributed by atoms with van der Waals surface area (Å²) in [6.07, 6.45) is 4.77. The number of halogens is 3. The molecule has 0 bridgehead atoms. The van der Waals surface area contributed by atoms with Gasteiger partial charge in [-0.2, -0.15) is 13.2 Å². The first kappa shape index (κ1) is 13.2. The number of aliphatic hydroxyl groups excluding tert-OH is 1. The van der Waals surface area contributed by atoms with Crippen LogP contribution in [0.25, 0.3) is 0 Å². The molecule has 1 rings (SSSR count). The minimum atomic E-state index is -4.11. The van der Waals surface area contributed by atoms with Gasteiger partial charge in [-0.05, 0) is 25.2 Å². The van der Waals surface area contributed by atoms with Gasteiger partial charge in [0.15, 0.2) is 0 Å². The zero-order valence-corrected chi connectivity index (χ0v) is 9.41. The highest BCUT2D eigenvalue weighted by Gasteiger charge is 2.28. The molecule has 1 N–H and O–H groups in total. The van der Waals surface area contributed by atoms with E-state index in [4.69, 9.17) is 0 Å². The topological polar surface area (TPSA) is 20.2 Å². The number of thioether (sulfide) groups is 1. The molecule has 1 aliphatic carbocycles. The molecule has 0 spiro atoms. The molecule has 15 heavy (non-hydrogen) atoms. The lowest BCUT2D eigenvalue weighted by molar-refractivity contribution is -0.0328. The quantitative estimate of drug-likeness (QED) is 0.763. The van der Waals surface area contributed by atoms with Gasteiger partial charge in [0.2, 0.25) is 0 Å². The van der Waals surface area contributed by atoms with Crippen LogP contribution in [-0.2, 0) is 0 Å². The molecule has 0 radical (unpaired) electrons. The second-order valence-corrected chi connectivity index (χ2v) is 5.28. The Balaban J connectivity index is 2.19. The zero-order valence-electron chi connectivity index (χ0n) is 8.59. The summed E-state index contributed by atoms with van der Waals surface area (Å²) in [5.41, 5.74) is -4.11. The van der Waals surface area contributed by atoms with Crippen molar-refractivity contribution >= 4 is 11.8 Å². The average molecular weight is 242 g/mol. The standard InChI is InChI=1S/C10H17F3OS/c11-10(12,13)15-6-5-8-3-1-2-4-9(14)7-8/h8-9,14H,1-7H2. The first-order chi connectivity index (χ1) is 6.97. The highest BCUT2D eigenvalue weighted by Crippen LogP contribution is 2.33. The Bertz CT molecular complexity index is 184.